The van der Waals surface area contributed by atoms with Crippen LogP contribution in [0.5, 0.6) is 0 Å². The van der Waals surface area contributed by atoms with Gasteiger partial charge in [0.1, 0.15) is 6.54 Å². The molecule has 14 heavy (non-hydrogen) atoms. The first kappa shape index (κ1) is 10.4. The van der Waals surface area contributed by atoms with Crippen LogP contribution in [0.2, 0.25) is 0 Å². The van der Waals surface area contributed by atoms with Gasteiger partial charge in [0, 0.05) is 16.7 Å². The van der Waals surface area contributed by atoms with Crippen molar-refractivity contribution >= 4 is 27.4 Å². The maximum Gasteiger partial charge on any atom is 0.312 e. The van der Waals surface area contributed by atoms with Crippen molar-refractivity contribution in [1.82, 2.24) is 4.98 Å². The Hall–Kier alpha value is -1.68. The van der Waals surface area contributed by atoms with Gasteiger partial charge in [-0.1, -0.05) is 0 Å². The van der Waals surface area contributed by atoms with E-state index in [9.17, 15) is 10.1 Å². The number of nitro groups is 1. The molecule has 0 spiro atoms. The highest BCUT2D eigenvalue weighted by molar-refractivity contribution is 9.10. The Balaban J connectivity index is 3.03. The van der Waals surface area contributed by atoms with E-state index in [1.54, 1.807) is 0 Å². The SMILES string of the molecule is N#CCNc1ncc(Br)cc1[N+](=O)[O-]. The van der Waals surface area contributed by atoms with E-state index in [1.807, 2.05) is 6.07 Å². The lowest BCUT2D eigenvalue weighted by Gasteiger charge is -2.01. The molecule has 7 heteroatoms. The Morgan fingerprint density at radius 2 is 2.50 bits per heavy atom. The van der Waals surface area contributed by atoms with Gasteiger partial charge >= 0.3 is 5.69 Å². The van der Waals surface area contributed by atoms with Crippen LogP contribution in [0.25, 0.3) is 0 Å². The number of pyridine rings is 1. The molecule has 0 radical (unpaired) electrons. The number of hydrogen-bond donors (Lipinski definition) is 1. The van der Waals surface area contributed by atoms with Crippen molar-refractivity contribution < 1.29 is 4.92 Å². The number of nitrogens with one attached hydrogen (secondary N) is 1. The molecule has 0 unspecified atom stereocenters. The number of nitrogens with zero attached hydrogens (tertiary/aromatic N) is 3. The molecule has 1 rings (SSSR count). The number of rotatable bonds is 3. The Kier molecular flexibility index (Phi) is 3.36. The summed E-state index contributed by atoms with van der Waals surface area (Å²) >= 11 is 3.07. The molecule has 72 valence electrons. The highest BCUT2D eigenvalue weighted by Gasteiger charge is 2.14. The first-order valence-corrected chi connectivity index (χ1v) is 4.35. The second-order valence-corrected chi connectivity index (χ2v) is 3.21. The van der Waals surface area contributed by atoms with Gasteiger partial charge in [0.25, 0.3) is 0 Å². The van der Waals surface area contributed by atoms with Crippen LogP contribution in [0.15, 0.2) is 16.7 Å². The van der Waals surface area contributed by atoms with Crippen molar-refractivity contribution in [3.63, 3.8) is 0 Å². The molecular formula is C7H5BrN4O2. The third-order valence-electron chi connectivity index (χ3n) is 1.37. The normalized spacial score (nSPS) is 9.14. The lowest BCUT2D eigenvalue weighted by molar-refractivity contribution is -0.384. The molecular weight excluding hydrogens is 252 g/mol. The van der Waals surface area contributed by atoms with Gasteiger partial charge in [-0.15, -0.1) is 0 Å². The Bertz CT molecular complexity index is 401. The van der Waals surface area contributed by atoms with Crippen LogP contribution in [0, 0.1) is 21.4 Å². The quantitative estimate of drug-likeness (QED) is 0.505. The van der Waals surface area contributed by atoms with E-state index in [0.29, 0.717) is 4.47 Å². The molecule has 1 heterocycles. The van der Waals surface area contributed by atoms with E-state index in [2.05, 4.69) is 26.2 Å². The van der Waals surface area contributed by atoms with Crippen LogP contribution in [0.3, 0.4) is 0 Å². The van der Waals surface area contributed by atoms with Crippen LogP contribution in [0.4, 0.5) is 11.5 Å². The van der Waals surface area contributed by atoms with Crippen LogP contribution in [-0.2, 0) is 0 Å². The van der Waals surface area contributed by atoms with Gasteiger partial charge in [0.15, 0.2) is 0 Å². The minimum absolute atomic E-state index is 0.0184. The topological polar surface area (TPSA) is 91.8 Å². The van der Waals surface area contributed by atoms with Crippen LogP contribution in [0.1, 0.15) is 0 Å². The smallest absolute Gasteiger partial charge is 0.312 e. The maximum absolute atomic E-state index is 10.6. The van der Waals surface area contributed by atoms with Crippen LogP contribution >= 0.6 is 15.9 Å². The zero-order valence-corrected chi connectivity index (χ0v) is 8.48. The minimum Gasteiger partial charge on any atom is -0.351 e. The van der Waals surface area contributed by atoms with Gasteiger partial charge in [-0.05, 0) is 15.9 Å². The molecule has 0 bridgehead atoms. The maximum atomic E-state index is 10.6. The molecule has 1 aromatic rings. The van der Waals surface area contributed by atoms with Crippen molar-refractivity contribution in [1.29, 1.82) is 5.26 Å². The van der Waals surface area contributed by atoms with Gasteiger partial charge in [-0.25, -0.2) is 4.98 Å². The van der Waals surface area contributed by atoms with Crippen molar-refractivity contribution in [3.8, 4) is 6.07 Å². The predicted molar refractivity (Wildman–Crippen MR) is 52.7 cm³/mol. The molecule has 0 fully saturated rings. The average molecular weight is 257 g/mol. The van der Waals surface area contributed by atoms with Gasteiger partial charge < -0.3 is 5.32 Å². The molecule has 0 saturated carbocycles. The molecule has 0 amide bonds. The van der Waals surface area contributed by atoms with Gasteiger partial charge in [-0.2, -0.15) is 5.26 Å². The first-order valence-electron chi connectivity index (χ1n) is 3.56. The van der Waals surface area contributed by atoms with Crippen molar-refractivity contribution in [2.24, 2.45) is 0 Å². The van der Waals surface area contributed by atoms with E-state index < -0.39 is 4.92 Å². The van der Waals surface area contributed by atoms with E-state index in [4.69, 9.17) is 5.26 Å². The summed E-state index contributed by atoms with van der Waals surface area (Å²) in [5, 5.41) is 21.4. The number of anilines is 1. The Labute approximate surface area is 87.8 Å². The number of nitriles is 1. The highest BCUT2D eigenvalue weighted by Crippen LogP contribution is 2.24. The van der Waals surface area contributed by atoms with E-state index in [-0.39, 0.29) is 18.1 Å². The fraction of sp³-hybridized carbons (Fsp3) is 0.143. The summed E-state index contributed by atoms with van der Waals surface area (Å²) < 4.78 is 0.520. The second-order valence-electron chi connectivity index (χ2n) is 2.29. The first-order chi connectivity index (χ1) is 6.65. The highest BCUT2D eigenvalue weighted by atomic mass is 79.9. The number of halogens is 1. The summed E-state index contributed by atoms with van der Waals surface area (Å²) in [6.07, 6.45) is 1.42. The van der Waals surface area contributed by atoms with Crippen molar-refractivity contribution in [2.75, 3.05) is 11.9 Å². The summed E-state index contributed by atoms with van der Waals surface area (Å²) in [7, 11) is 0. The van der Waals surface area contributed by atoms with Crippen LogP contribution < -0.4 is 5.32 Å². The predicted octanol–water partition coefficient (Wildman–Crippen LogP) is 1.69. The number of hydrogen-bond acceptors (Lipinski definition) is 5. The zero-order chi connectivity index (χ0) is 10.6. The molecule has 0 aliphatic rings. The molecule has 0 aromatic carbocycles. The summed E-state index contributed by atoms with van der Waals surface area (Å²) in [6.45, 7) is -0.0184. The van der Waals surface area contributed by atoms with E-state index in [1.165, 1.54) is 12.3 Å². The molecule has 0 atom stereocenters. The molecule has 0 aliphatic carbocycles. The summed E-state index contributed by atoms with van der Waals surface area (Å²) in [5.41, 5.74) is -0.158. The molecule has 0 saturated heterocycles. The fourth-order valence-electron chi connectivity index (χ4n) is 0.827. The third kappa shape index (κ3) is 2.40. The fourth-order valence-corrected chi connectivity index (χ4v) is 1.15. The van der Waals surface area contributed by atoms with Crippen molar-refractivity contribution in [2.45, 2.75) is 0 Å². The zero-order valence-electron chi connectivity index (χ0n) is 6.90. The summed E-state index contributed by atoms with van der Waals surface area (Å²) in [5.74, 6) is 0.0970. The Morgan fingerprint density at radius 3 is 3.07 bits per heavy atom. The van der Waals surface area contributed by atoms with Crippen LogP contribution in [-0.4, -0.2) is 16.5 Å². The minimum atomic E-state index is -0.558. The molecule has 1 aromatic heterocycles. The van der Waals surface area contributed by atoms with E-state index >= 15 is 0 Å². The molecule has 6 nitrogen and oxygen atoms in total. The third-order valence-corrected chi connectivity index (χ3v) is 1.80. The monoisotopic (exact) mass is 256 g/mol. The average Bonchev–Trinajstić information content (AvgIpc) is 2.15. The standard InChI is InChI=1S/C7H5BrN4O2/c8-5-3-6(12(13)14)7(11-4-5)10-2-1-9/h3-4H,2H2,(H,10,11). The van der Waals surface area contributed by atoms with Gasteiger partial charge in [-0.3, -0.25) is 10.1 Å². The van der Waals surface area contributed by atoms with Crippen molar-refractivity contribution in [3.05, 3.63) is 26.9 Å². The second kappa shape index (κ2) is 4.53. The molecule has 1 N–H and O–H groups in total. The van der Waals surface area contributed by atoms with E-state index in [0.717, 1.165) is 0 Å². The van der Waals surface area contributed by atoms with Gasteiger partial charge in [0.05, 0.1) is 11.0 Å². The number of aromatic nitrogens is 1. The van der Waals surface area contributed by atoms with Gasteiger partial charge in [0.2, 0.25) is 5.82 Å². The molecule has 0 aliphatic heterocycles. The summed E-state index contributed by atoms with van der Waals surface area (Å²) in [6, 6.07) is 3.14. The lowest BCUT2D eigenvalue weighted by atomic mass is 10.4. The Morgan fingerprint density at radius 1 is 1.79 bits per heavy atom. The largest absolute Gasteiger partial charge is 0.351 e. The summed E-state index contributed by atoms with van der Waals surface area (Å²) in [4.78, 5) is 13.8. The lowest BCUT2D eigenvalue weighted by Crippen LogP contribution is -2.04.